The average Bonchev–Trinajstić information content (AvgIpc) is 2.93. The molecule has 28 heavy (non-hydrogen) atoms. The van der Waals surface area contributed by atoms with Gasteiger partial charge in [-0.3, -0.25) is 4.90 Å². The van der Waals surface area contributed by atoms with Crippen LogP contribution in [0, 0.1) is 11.6 Å². The van der Waals surface area contributed by atoms with Crippen molar-refractivity contribution in [1.29, 1.82) is 0 Å². The zero-order chi connectivity index (χ0) is 20.6. The third kappa shape index (κ3) is 4.05. The molecule has 1 aromatic heterocycles. The highest BCUT2D eigenvalue weighted by Gasteiger charge is 2.33. The van der Waals surface area contributed by atoms with E-state index >= 15 is 0 Å². The lowest BCUT2D eigenvalue weighted by atomic mass is 9.95. The first-order chi connectivity index (χ1) is 13.1. The van der Waals surface area contributed by atoms with E-state index in [2.05, 4.69) is 9.97 Å². The number of nitrogens with zero attached hydrogens (tertiary/aromatic N) is 3. The van der Waals surface area contributed by atoms with E-state index in [0.717, 1.165) is 23.2 Å². The van der Waals surface area contributed by atoms with Gasteiger partial charge in [0.1, 0.15) is 17.7 Å². The van der Waals surface area contributed by atoms with Crippen LogP contribution in [0.4, 0.5) is 32.6 Å². The number of amides is 1. The van der Waals surface area contributed by atoms with Crippen LogP contribution in [0.5, 0.6) is 0 Å². The molecule has 10 heteroatoms. The maximum absolute atomic E-state index is 14.1. The number of rotatable bonds is 4. The third-order valence-corrected chi connectivity index (χ3v) is 4.34. The quantitative estimate of drug-likeness (QED) is 0.710. The van der Waals surface area contributed by atoms with E-state index in [1.54, 1.807) is 13.8 Å². The van der Waals surface area contributed by atoms with Gasteiger partial charge in [-0.05, 0) is 30.5 Å². The second-order valence-electron chi connectivity index (χ2n) is 6.60. The number of halogens is 5. The fourth-order valence-electron chi connectivity index (χ4n) is 2.95. The molecule has 2 atom stereocenters. The van der Waals surface area contributed by atoms with Gasteiger partial charge >= 0.3 is 12.3 Å². The van der Waals surface area contributed by atoms with Crippen LogP contribution in [0.1, 0.15) is 36.7 Å². The van der Waals surface area contributed by atoms with Gasteiger partial charge in [0.15, 0.2) is 11.6 Å². The molecule has 1 fully saturated rings. The number of cyclic esters (lactones) is 1. The van der Waals surface area contributed by atoms with Crippen LogP contribution < -0.4 is 4.90 Å². The van der Waals surface area contributed by atoms with E-state index in [0.29, 0.717) is 6.07 Å². The molecule has 0 aliphatic carbocycles. The van der Waals surface area contributed by atoms with Crippen LogP contribution in [0.2, 0.25) is 0 Å². The molecule has 0 bridgehead atoms. The summed E-state index contributed by atoms with van der Waals surface area (Å²) in [5, 5.41) is 0. The van der Waals surface area contributed by atoms with E-state index in [1.807, 2.05) is 0 Å². The SMILES string of the molecule is CC1CN(c2nc(C[C@@H](C)c3ccc(C(F)(F)F)cc3F)ncc2F)C(=O)O1. The summed E-state index contributed by atoms with van der Waals surface area (Å²) in [6.45, 7) is 3.35. The van der Waals surface area contributed by atoms with Gasteiger partial charge in [0.05, 0.1) is 18.3 Å². The summed E-state index contributed by atoms with van der Waals surface area (Å²) in [7, 11) is 0. The van der Waals surface area contributed by atoms with Gasteiger partial charge in [0.2, 0.25) is 0 Å². The molecule has 3 rings (SSSR count). The van der Waals surface area contributed by atoms with E-state index in [9.17, 15) is 26.7 Å². The van der Waals surface area contributed by atoms with E-state index in [4.69, 9.17) is 4.74 Å². The zero-order valence-corrected chi connectivity index (χ0v) is 14.9. The van der Waals surface area contributed by atoms with Crippen molar-refractivity contribution in [2.45, 2.75) is 38.5 Å². The fraction of sp³-hybridized carbons (Fsp3) is 0.389. The summed E-state index contributed by atoms with van der Waals surface area (Å²) in [6.07, 6.45) is -4.88. The lowest BCUT2D eigenvalue weighted by molar-refractivity contribution is -0.137. The Bertz CT molecular complexity index is 903. The molecule has 1 amide bonds. The summed E-state index contributed by atoms with van der Waals surface area (Å²) in [5.41, 5.74) is -1.03. The summed E-state index contributed by atoms with van der Waals surface area (Å²) in [4.78, 5) is 20.7. The largest absolute Gasteiger partial charge is 0.444 e. The standard InChI is InChI=1S/C18H16F5N3O2/c1-9(12-4-3-11(6-13(12)19)18(21,22)23)5-15-24-7-14(20)16(25-15)26-8-10(2)28-17(26)27/h3-4,6-7,9-10H,5,8H2,1-2H3/t9-,10?/m1/s1. The van der Waals surface area contributed by atoms with Crippen molar-refractivity contribution in [3.8, 4) is 0 Å². The maximum Gasteiger partial charge on any atom is 0.416 e. The van der Waals surface area contributed by atoms with Crippen LogP contribution in [0.3, 0.4) is 0 Å². The van der Waals surface area contributed by atoms with Gasteiger partial charge in [-0.15, -0.1) is 0 Å². The molecule has 0 N–H and O–H groups in total. The molecule has 150 valence electrons. The van der Waals surface area contributed by atoms with Crippen molar-refractivity contribution in [1.82, 2.24) is 9.97 Å². The number of anilines is 1. The lowest BCUT2D eigenvalue weighted by Crippen LogP contribution is -2.27. The maximum atomic E-state index is 14.1. The van der Waals surface area contributed by atoms with Crippen LogP contribution in [-0.4, -0.2) is 28.7 Å². The molecule has 1 aliphatic heterocycles. The second kappa shape index (κ2) is 7.33. The number of aromatic nitrogens is 2. The summed E-state index contributed by atoms with van der Waals surface area (Å²) in [6, 6.07) is 2.30. The number of hydrogen-bond donors (Lipinski definition) is 0. The highest BCUT2D eigenvalue weighted by molar-refractivity contribution is 5.88. The van der Waals surface area contributed by atoms with Crippen LogP contribution in [-0.2, 0) is 17.3 Å². The normalized spacial score (nSPS) is 18.3. The van der Waals surface area contributed by atoms with Crippen molar-refractivity contribution >= 4 is 11.9 Å². The number of hydrogen-bond acceptors (Lipinski definition) is 4. The molecule has 1 unspecified atom stereocenters. The first-order valence-corrected chi connectivity index (χ1v) is 8.42. The molecule has 5 nitrogen and oxygen atoms in total. The third-order valence-electron chi connectivity index (χ3n) is 4.34. The van der Waals surface area contributed by atoms with Gasteiger partial charge in [0.25, 0.3) is 0 Å². The molecular formula is C18H16F5N3O2. The van der Waals surface area contributed by atoms with E-state index in [1.165, 1.54) is 0 Å². The lowest BCUT2D eigenvalue weighted by Gasteiger charge is -2.16. The predicted octanol–water partition coefficient (Wildman–Crippen LogP) is 4.46. The molecular weight excluding hydrogens is 385 g/mol. The Morgan fingerprint density at radius 3 is 2.57 bits per heavy atom. The van der Waals surface area contributed by atoms with Crippen molar-refractivity contribution in [2.24, 2.45) is 0 Å². The molecule has 0 spiro atoms. The van der Waals surface area contributed by atoms with Gasteiger partial charge < -0.3 is 4.74 Å². The zero-order valence-electron chi connectivity index (χ0n) is 14.9. The first kappa shape index (κ1) is 20.0. The summed E-state index contributed by atoms with van der Waals surface area (Å²) < 4.78 is 71.2. The van der Waals surface area contributed by atoms with Crippen molar-refractivity contribution in [2.75, 3.05) is 11.4 Å². The molecule has 1 saturated heterocycles. The van der Waals surface area contributed by atoms with E-state index in [-0.39, 0.29) is 30.2 Å². The first-order valence-electron chi connectivity index (χ1n) is 8.42. The number of alkyl halides is 3. The Morgan fingerprint density at radius 2 is 2.00 bits per heavy atom. The Morgan fingerprint density at radius 1 is 1.29 bits per heavy atom. The molecule has 0 radical (unpaired) electrons. The Balaban J connectivity index is 1.82. The molecule has 2 aromatic rings. The molecule has 1 aliphatic rings. The highest BCUT2D eigenvalue weighted by Crippen LogP contribution is 2.32. The molecule has 1 aromatic carbocycles. The monoisotopic (exact) mass is 401 g/mol. The molecule has 0 saturated carbocycles. The van der Waals surface area contributed by atoms with Gasteiger partial charge in [0, 0.05) is 6.42 Å². The fourth-order valence-corrected chi connectivity index (χ4v) is 2.95. The number of ether oxygens (including phenoxy) is 1. The topological polar surface area (TPSA) is 55.3 Å². The predicted molar refractivity (Wildman–Crippen MR) is 88.8 cm³/mol. The van der Waals surface area contributed by atoms with Crippen LogP contribution >= 0.6 is 0 Å². The smallest absolute Gasteiger partial charge is 0.416 e. The number of benzene rings is 1. The highest BCUT2D eigenvalue weighted by atomic mass is 19.4. The van der Waals surface area contributed by atoms with Crippen molar-refractivity contribution < 1.29 is 31.5 Å². The van der Waals surface area contributed by atoms with Gasteiger partial charge in [-0.25, -0.2) is 23.5 Å². The minimum absolute atomic E-state index is 0.0357. The van der Waals surface area contributed by atoms with Gasteiger partial charge in [-0.1, -0.05) is 13.0 Å². The van der Waals surface area contributed by atoms with E-state index < -0.39 is 41.5 Å². The summed E-state index contributed by atoms with van der Waals surface area (Å²) in [5.74, 6) is -2.52. The van der Waals surface area contributed by atoms with Crippen molar-refractivity contribution in [3.05, 3.63) is 53.0 Å². The number of carbonyl (C=O) groups excluding carboxylic acids is 1. The second-order valence-corrected chi connectivity index (χ2v) is 6.60. The minimum Gasteiger partial charge on any atom is -0.444 e. The summed E-state index contributed by atoms with van der Waals surface area (Å²) >= 11 is 0. The number of carbonyl (C=O) groups is 1. The average molecular weight is 401 g/mol. The van der Waals surface area contributed by atoms with Crippen LogP contribution in [0.15, 0.2) is 24.4 Å². The Labute approximate surface area is 157 Å². The Hall–Kier alpha value is -2.78. The van der Waals surface area contributed by atoms with Crippen LogP contribution in [0.25, 0.3) is 0 Å². The van der Waals surface area contributed by atoms with Crippen molar-refractivity contribution in [3.63, 3.8) is 0 Å². The van der Waals surface area contributed by atoms with Gasteiger partial charge in [-0.2, -0.15) is 13.2 Å². The molecule has 2 heterocycles. The Kier molecular flexibility index (Phi) is 5.22. The minimum atomic E-state index is -4.64.